The molecule has 3 atom stereocenters. The normalized spacial score (nSPS) is 27.7. The van der Waals surface area contributed by atoms with E-state index < -0.39 is 0 Å². The zero-order chi connectivity index (χ0) is 13.3. The second-order valence-corrected chi connectivity index (χ2v) is 7.26. The molecule has 0 spiro atoms. The maximum Gasteiger partial charge on any atom is 0.0417 e. The van der Waals surface area contributed by atoms with Crippen molar-refractivity contribution in [3.63, 3.8) is 0 Å². The molecule has 0 aromatic carbocycles. The Labute approximate surface area is 115 Å². The Hall–Kier alpha value is -0.380. The number of hydrogen-bond donors (Lipinski definition) is 1. The predicted molar refractivity (Wildman–Crippen MR) is 80.3 cm³/mol. The van der Waals surface area contributed by atoms with Crippen LogP contribution in [0.15, 0.2) is 12.1 Å². The van der Waals surface area contributed by atoms with Gasteiger partial charge < -0.3 is 5.32 Å². The minimum absolute atomic E-state index is 0.542. The number of nitrogens with zero attached hydrogens (tertiary/aromatic N) is 1. The fraction of sp³-hybridized carbons (Fsp3) is 0.733. The van der Waals surface area contributed by atoms with Crippen LogP contribution in [-0.2, 0) is 0 Å². The number of rotatable bonds is 3. The van der Waals surface area contributed by atoms with Crippen LogP contribution in [0.2, 0.25) is 0 Å². The van der Waals surface area contributed by atoms with Gasteiger partial charge in [-0.25, -0.2) is 0 Å². The molecule has 1 saturated heterocycles. The van der Waals surface area contributed by atoms with Gasteiger partial charge in [-0.2, -0.15) is 0 Å². The fourth-order valence-electron chi connectivity index (χ4n) is 2.86. The summed E-state index contributed by atoms with van der Waals surface area (Å²) in [6, 6.07) is 6.34. The third-order valence-electron chi connectivity index (χ3n) is 4.03. The van der Waals surface area contributed by atoms with Gasteiger partial charge in [0.1, 0.15) is 0 Å². The molecule has 0 saturated carbocycles. The lowest BCUT2D eigenvalue weighted by Crippen LogP contribution is -2.57. The molecule has 0 amide bonds. The molecule has 1 N–H and O–H groups in total. The van der Waals surface area contributed by atoms with Gasteiger partial charge in [0.05, 0.1) is 0 Å². The lowest BCUT2D eigenvalue weighted by atomic mass is 9.96. The van der Waals surface area contributed by atoms with Crippen molar-refractivity contribution in [2.75, 3.05) is 13.1 Å². The van der Waals surface area contributed by atoms with Gasteiger partial charge in [0.25, 0.3) is 0 Å². The van der Waals surface area contributed by atoms with E-state index in [1.54, 1.807) is 0 Å². The molecule has 18 heavy (non-hydrogen) atoms. The smallest absolute Gasteiger partial charge is 0.0417 e. The summed E-state index contributed by atoms with van der Waals surface area (Å²) in [7, 11) is 0. The van der Waals surface area contributed by atoms with E-state index in [0.717, 1.165) is 13.1 Å². The molecule has 0 aliphatic carbocycles. The van der Waals surface area contributed by atoms with Gasteiger partial charge in [0, 0.05) is 41.0 Å². The van der Waals surface area contributed by atoms with Crippen LogP contribution in [0.25, 0.3) is 0 Å². The van der Waals surface area contributed by atoms with Crippen LogP contribution in [0.4, 0.5) is 0 Å². The van der Waals surface area contributed by atoms with Crippen molar-refractivity contribution in [1.29, 1.82) is 0 Å². The number of aryl methyl sites for hydroxylation is 1. The first-order chi connectivity index (χ1) is 8.49. The quantitative estimate of drug-likeness (QED) is 0.901. The average molecular weight is 266 g/mol. The van der Waals surface area contributed by atoms with Crippen molar-refractivity contribution in [1.82, 2.24) is 10.2 Å². The Morgan fingerprint density at radius 1 is 1.33 bits per heavy atom. The SMILES string of the molecule is Cc1ccc(C(C)N2CC(C)NCC2C(C)C)s1. The van der Waals surface area contributed by atoms with Crippen LogP contribution in [0, 0.1) is 12.8 Å². The van der Waals surface area contributed by atoms with Crippen molar-refractivity contribution in [3.8, 4) is 0 Å². The number of nitrogens with one attached hydrogen (secondary N) is 1. The van der Waals surface area contributed by atoms with E-state index in [1.165, 1.54) is 9.75 Å². The minimum Gasteiger partial charge on any atom is -0.311 e. The molecule has 1 aliphatic heterocycles. The molecule has 2 heterocycles. The first kappa shape index (κ1) is 14.0. The second kappa shape index (κ2) is 5.72. The first-order valence-corrected chi connectivity index (χ1v) is 7.86. The molecule has 0 radical (unpaired) electrons. The van der Waals surface area contributed by atoms with Crippen LogP contribution >= 0.6 is 11.3 Å². The van der Waals surface area contributed by atoms with E-state index in [9.17, 15) is 0 Å². The summed E-state index contributed by atoms with van der Waals surface area (Å²) in [4.78, 5) is 5.62. The summed E-state index contributed by atoms with van der Waals surface area (Å²) >= 11 is 1.94. The summed E-state index contributed by atoms with van der Waals surface area (Å²) in [6.45, 7) is 13.8. The zero-order valence-electron chi connectivity index (χ0n) is 12.2. The van der Waals surface area contributed by atoms with Gasteiger partial charge in [-0.15, -0.1) is 11.3 Å². The van der Waals surface area contributed by atoms with Crippen molar-refractivity contribution >= 4 is 11.3 Å². The lowest BCUT2D eigenvalue weighted by Gasteiger charge is -2.44. The molecule has 1 aromatic heterocycles. The van der Waals surface area contributed by atoms with Crippen LogP contribution in [0.1, 0.15) is 43.5 Å². The third-order valence-corrected chi connectivity index (χ3v) is 5.20. The largest absolute Gasteiger partial charge is 0.311 e. The summed E-state index contributed by atoms with van der Waals surface area (Å²) < 4.78 is 0. The molecule has 1 aromatic rings. The summed E-state index contributed by atoms with van der Waals surface area (Å²) in [5.74, 6) is 0.702. The molecule has 2 nitrogen and oxygen atoms in total. The van der Waals surface area contributed by atoms with Gasteiger partial charge in [0.15, 0.2) is 0 Å². The number of piperazine rings is 1. The van der Waals surface area contributed by atoms with Crippen molar-refractivity contribution in [3.05, 3.63) is 21.9 Å². The summed E-state index contributed by atoms with van der Waals surface area (Å²) in [5, 5.41) is 3.62. The Kier molecular flexibility index (Phi) is 4.46. The van der Waals surface area contributed by atoms with Gasteiger partial charge in [-0.1, -0.05) is 13.8 Å². The standard InChI is InChI=1S/C15H26N2S/c1-10(2)14-8-16-11(3)9-17(14)13(5)15-7-6-12(4)18-15/h6-7,10-11,13-14,16H,8-9H2,1-5H3. The fourth-order valence-corrected chi connectivity index (χ4v) is 3.81. The van der Waals surface area contributed by atoms with Crippen molar-refractivity contribution in [2.45, 2.75) is 52.7 Å². The highest BCUT2D eigenvalue weighted by Crippen LogP contribution is 2.31. The summed E-state index contributed by atoms with van der Waals surface area (Å²) in [5.41, 5.74) is 0. The Morgan fingerprint density at radius 3 is 2.61 bits per heavy atom. The Bertz CT molecular complexity index is 386. The van der Waals surface area contributed by atoms with E-state index in [4.69, 9.17) is 0 Å². The minimum atomic E-state index is 0.542. The molecular formula is C15H26N2S. The molecule has 2 rings (SSSR count). The molecule has 3 unspecified atom stereocenters. The summed E-state index contributed by atoms with van der Waals surface area (Å²) in [6.07, 6.45) is 0. The van der Waals surface area contributed by atoms with E-state index >= 15 is 0 Å². The van der Waals surface area contributed by atoms with Crippen molar-refractivity contribution in [2.24, 2.45) is 5.92 Å². The van der Waals surface area contributed by atoms with E-state index in [1.807, 2.05) is 11.3 Å². The maximum absolute atomic E-state index is 3.62. The monoisotopic (exact) mass is 266 g/mol. The van der Waals surface area contributed by atoms with Crippen LogP contribution in [0.3, 0.4) is 0 Å². The first-order valence-electron chi connectivity index (χ1n) is 7.04. The average Bonchev–Trinajstić information content (AvgIpc) is 2.74. The van der Waals surface area contributed by atoms with E-state index in [-0.39, 0.29) is 0 Å². The highest BCUT2D eigenvalue weighted by molar-refractivity contribution is 7.12. The maximum atomic E-state index is 3.62. The van der Waals surface area contributed by atoms with Gasteiger partial charge in [-0.3, -0.25) is 4.90 Å². The molecule has 3 heteroatoms. The van der Waals surface area contributed by atoms with Gasteiger partial charge in [0.2, 0.25) is 0 Å². The Morgan fingerprint density at radius 2 is 2.06 bits per heavy atom. The number of hydrogen-bond acceptors (Lipinski definition) is 3. The molecule has 0 bridgehead atoms. The van der Waals surface area contributed by atoms with Gasteiger partial charge in [-0.05, 0) is 38.8 Å². The topological polar surface area (TPSA) is 15.3 Å². The zero-order valence-corrected chi connectivity index (χ0v) is 13.1. The van der Waals surface area contributed by atoms with Crippen molar-refractivity contribution < 1.29 is 0 Å². The van der Waals surface area contributed by atoms with E-state index in [2.05, 4.69) is 57.0 Å². The highest BCUT2D eigenvalue weighted by atomic mass is 32.1. The van der Waals surface area contributed by atoms with Crippen LogP contribution in [-0.4, -0.2) is 30.1 Å². The van der Waals surface area contributed by atoms with Gasteiger partial charge >= 0.3 is 0 Å². The van der Waals surface area contributed by atoms with Crippen LogP contribution in [0.5, 0.6) is 0 Å². The highest BCUT2D eigenvalue weighted by Gasteiger charge is 2.32. The number of thiophene rings is 1. The van der Waals surface area contributed by atoms with Crippen LogP contribution < -0.4 is 5.32 Å². The molecular weight excluding hydrogens is 240 g/mol. The lowest BCUT2D eigenvalue weighted by molar-refractivity contribution is 0.0671. The molecule has 1 fully saturated rings. The third kappa shape index (κ3) is 2.95. The molecule has 102 valence electrons. The predicted octanol–water partition coefficient (Wildman–Crippen LogP) is 3.44. The second-order valence-electron chi connectivity index (χ2n) is 5.94. The Balaban J connectivity index is 2.16. The molecule has 1 aliphatic rings. The van der Waals surface area contributed by atoms with E-state index in [0.29, 0.717) is 24.0 Å².